The van der Waals surface area contributed by atoms with Gasteiger partial charge in [-0.2, -0.15) is 0 Å². The van der Waals surface area contributed by atoms with Crippen LogP contribution in [0.15, 0.2) is 333 Å². The topological polar surface area (TPSA) is 11.4 Å². The molecule has 5 heteroatoms. The molecule has 0 bridgehead atoms. The molecule has 2 aliphatic rings. The first-order chi connectivity index (χ1) is 61.7. The van der Waals surface area contributed by atoms with Crippen molar-refractivity contribution in [1.82, 2.24) is 4.57 Å². The Morgan fingerprint density at radius 1 is 0.252 bits per heavy atom. The van der Waals surface area contributed by atoms with E-state index in [2.05, 4.69) is 434 Å². The van der Waals surface area contributed by atoms with Crippen molar-refractivity contribution in [3.8, 4) is 61.3 Å². The summed E-state index contributed by atoms with van der Waals surface area (Å²) in [5.41, 5.74) is 25.6. The highest BCUT2D eigenvalue weighted by atomic mass is 28.3. The largest absolute Gasteiger partial charge is 0.310 e. The third-order valence-electron chi connectivity index (χ3n) is 26.0. The molecule has 0 aliphatic carbocycles. The van der Waals surface area contributed by atoms with E-state index >= 15 is 0 Å². The Bertz CT molecular complexity index is 6960. The molecule has 0 saturated heterocycles. The molecule has 0 fully saturated rings. The first-order valence-electron chi connectivity index (χ1n) is 47.9. The molecule has 123 heavy (non-hydrogen) atoms. The molecule has 0 radical (unpaired) electrons. The zero-order chi connectivity index (χ0) is 93.4. The van der Waals surface area contributed by atoms with Crippen LogP contribution in [0.2, 0.25) is 0 Å². The second kappa shape index (κ2) is 30.2. The molecule has 0 unspecified atom stereocenters. The molecule has 612 valence electrons. The van der Waals surface area contributed by atoms with Gasteiger partial charge in [0, 0.05) is 61.5 Å². The lowest BCUT2D eigenvalue weighted by molar-refractivity contribution is 0.589. The number of rotatable bonds is 12. The Kier molecular flexibility index (Phi) is 17.8. The van der Waals surface area contributed by atoms with Gasteiger partial charge in [-0.1, -0.05) is 412 Å². The summed E-state index contributed by atoms with van der Waals surface area (Å²) in [4.78, 5) is 5.21. The smallest absolute Gasteiger partial charge is 0.252 e. The first-order valence-corrected chi connectivity index (χ1v) is 45.9. The predicted molar refractivity (Wildman–Crippen MR) is 536 cm³/mol. The lowest BCUT2D eigenvalue weighted by atomic mass is 9.33. The summed E-state index contributed by atoms with van der Waals surface area (Å²) in [6.07, 6.45) is 0. The van der Waals surface area contributed by atoms with Crippen LogP contribution >= 0.6 is 0 Å². The summed E-state index contributed by atoms with van der Waals surface area (Å²) >= 11 is 0. The minimum Gasteiger partial charge on any atom is -0.310 e. The molecule has 15 aromatic carbocycles. The van der Waals surface area contributed by atoms with Gasteiger partial charge in [0.25, 0.3) is 6.71 Å². The highest BCUT2D eigenvalue weighted by molar-refractivity contribution is 7.20. The van der Waals surface area contributed by atoms with Crippen LogP contribution in [0.1, 0.15) is 195 Å². The maximum atomic E-state index is 10.1. The third-order valence-corrected chi connectivity index (χ3v) is 30.8. The minimum atomic E-state index is -3.01. The maximum absolute atomic E-state index is 10.1. The Hall–Kier alpha value is -12.0. The second-order valence-corrected chi connectivity index (χ2v) is 45.5. The zero-order valence-electron chi connectivity index (χ0n) is 83.6. The van der Waals surface area contributed by atoms with Crippen molar-refractivity contribution in [2.75, 3.05) is 9.80 Å². The van der Waals surface area contributed by atoms with Gasteiger partial charge in [0.05, 0.1) is 33.4 Å². The Morgan fingerprint density at radius 3 is 0.951 bits per heavy atom. The van der Waals surface area contributed by atoms with Gasteiger partial charge in [0.1, 0.15) is 0 Å². The second-order valence-electron chi connectivity index (χ2n) is 41.7. The molecule has 0 atom stereocenters. The van der Waals surface area contributed by atoms with Crippen LogP contribution in [0.3, 0.4) is 0 Å². The molecule has 1 aromatic heterocycles. The molecule has 0 spiro atoms. The van der Waals surface area contributed by atoms with Gasteiger partial charge < -0.3 is 14.4 Å². The fraction of sp³-hybridized carbons (Fsp3) is 0.237. The van der Waals surface area contributed by atoms with E-state index in [0.717, 1.165) is 117 Å². The summed E-state index contributed by atoms with van der Waals surface area (Å²) < 4.78 is 79.1. The van der Waals surface area contributed by atoms with Gasteiger partial charge in [-0.25, -0.2) is 0 Å². The Labute approximate surface area is 745 Å². The van der Waals surface area contributed by atoms with Crippen molar-refractivity contribution in [3.63, 3.8) is 0 Å². The lowest BCUT2D eigenvalue weighted by Gasteiger charge is -2.47. The average Bonchev–Trinajstić information content (AvgIpc) is 1.68. The van der Waals surface area contributed by atoms with E-state index in [1.165, 1.54) is 48.6 Å². The van der Waals surface area contributed by atoms with Crippen molar-refractivity contribution in [2.45, 2.75) is 183 Å². The number of benzene rings is 15. The van der Waals surface area contributed by atoms with Crippen molar-refractivity contribution in [3.05, 3.63) is 372 Å². The summed E-state index contributed by atoms with van der Waals surface area (Å²) in [5.74, 6) is 0. The van der Waals surface area contributed by atoms with E-state index in [4.69, 9.17) is 0 Å². The SMILES string of the molecule is [2H]c1c([2H])c([2H])c2c(c1[2H])c1c([2H])c([2H])c([2H])c([2H])c1n2-c1ccc2c(c1)N(c1c(-c3cccc(C(C)(C)C)c3)cc(C(C)(C)C)cc1-c1cccc(C(C)(C)C)c1)c1cc(C(C)(C)C)cc3c1B2c1cc(-c2ccc([Si](c4ccccc4)(c4ccccc4)c4ccccc4)cc2)ccc1N3c1c(-c2cccc(C(C)(C)C)c2)cc(C(C)(C)C)cc1-c1cccc(C(C)(C)C)c1. The number of fused-ring (bicyclic) bond motifs is 7. The van der Waals surface area contributed by atoms with E-state index in [1.54, 1.807) is 4.57 Å². The monoisotopic (exact) mass is 1620 g/mol. The van der Waals surface area contributed by atoms with E-state index in [-0.39, 0.29) is 66.4 Å². The van der Waals surface area contributed by atoms with Gasteiger partial charge in [0.15, 0.2) is 8.07 Å². The van der Waals surface area contributed by atoms with Crippen molar-refractivity contribution < 1.29 is 11.0 Å². The van der Waals surface area contributed by atoms with Crippen molar-refractivity contribution in [1.29, 1.82) is 0 Å². The van der Waals surface area contributed by atoms with Crippen LogP contribution in [-0.4, -0.2) is 19.4 Å². The van der Waals surface area contributed by atoms with Gasteiger partial charge in [-0.05, 0) is 214 Å². The van der Waals surface area contributed by atoms with E-state index in [0.29, 0.717) is 5.69 Å². The van der Waals surface area contributed by atoms with Crippen LogP contribution in [-0.2, 0) is 37.9 Å². The Balaban J connectivity index is 1.05. The van der Waals surface area contributed by atoms with E-state index in [9.17, 15) is 11.0 Å². The molecule has 3 nitrogen and oxygen atoms in total. The van der Waals surface area contributed by atoms with Crippen LogP contribution in [0.5, 0.6) is 0 Å². The number of para-hydroxylation sites is 2. The predicted octanol–water partition coefficient (Wildman–Crippen LogP) is 27.7. The van der Waals surface area contributed by atoms with Crippen LogP contribution in [0.4, 0.5) is 34.1 Å². The number of anilines is 6. The average molecular weight is 1630 g/mol. The van der Waals surface area contributed by atoms with Gasteiger partial charge >= 0.3 is 0 Å². The van der Waals surface area contributed by atoms with Gasteiger partial charge in [-0.3, -0.25) is 0 Å². The highest BCUT2D eigenvalue weighted by Gasteiger charge is 2.48. The summed E-state index contributed by atoms with van der Waals surface area (Å²) in [5, 5.41) is 5.13. The van der Waals surface area contributed by atoms with E-state index < -0.39 is 56.5 Å². The third kappa shape index (κ3) is 14.6. The van der Waals surface area contributed by atoms with Crippen molar-refractivity contribution >= 4 is 108 Å². The molecule has 0 saturated carbocycles. The fourth-order valence-electron chi connectivity index (χ4n) is 19.0. The molecule has 0 N–H and O–H groups in total. The summed E-state index contributed by atoms with van der Waals surface area (Å²) in [7, 11) is -3.01. The number of hydrogen-bond donors (Lipinski definition) is 0. The molecular weight excluding hydrogens is 1500 g/mol. The normalized spacial score (nSPS) is 14.3. The fourth-order valence-corrected chi connectivity index (χ4v) is 23.7. The number of hydrogen-bond acceptors (Lipinski definition) is 2. The molecular formula is C118H118BN3Si. The number of aromatic nitrogens is 1. The van der Waals surface area contributed by atoms with Crippen molar-refractivity contribution in [2.24, 2.45) is 0 Å². The number of nitrogens with zero attached hydrogens (tertiary/aromatic N) is 3. The van der Waals surface area contributed by atoms with Crippen LogP contribution < -0.4 is 46.9 Å². The van der Waals surface area contributed by atoms with E-state index in [1.807, 2.05) is 6.07 Å². The standard InChI is InChI=1S/C118H118BN3Si/c1-112(2,3)83-43-35-39-79(65-83)97-70-87(116(13,14)15)71-98(80-40-36-44-84(66-80)113(4,5)6)110(97)121-105-64-59-78(77-57-61-94(62-58-77)123(91-47-25-22-26-48-91,92-49-27-23-28-50-92)93-51-29-24-30-52-93)69-102(105)119-101-63-60-90(120-103-55-33-31-53-95(103)96-54-32-34-56-104(96)120)76-106(101)122(108-75-89(118(19,20)21)74-107(121)109(108)119)111-99(81-41-37-45-85(67-81)114(7,8)9)72-88(117(16,17)18)73-100(111)82-42-38-46-86(68-82)115(10,11)12/h22-76H,1-21H3/i31D,32D,33D,34D,53D,54D,55D,56D. The summed E-state index contributed by atoms with van der Waals surface area (Å²) in [6.45, 7) is 47.8. The maximum Gasteiger partial charge on any atom is 0.252 e. The molecule has 2 aliphatic heterocycles. The molecule has 18 rings (SSSR count). The highest BCUT2D eigenvalue weighted by Crippen LogP contribution is 2.57. The van der Waals surface area contributed by atoms with Gasteiger partial charge in [0.2, 0.25) is 0 Å². The lowest BCUT2D eigenvalue weighted by Crippen LogP contribution is -2.74. The quantitative estimate of drug-likeness (QED) is 0.0892. The molecule has 0 amide bonds. The zero-order valence-corrected chi connectivity index (χ0v) is 76.6. The molecule has 16 aromatic rings. The molecule has 3 heterocycles. The summed E-state index contributed by atoms with van der Waals surface area (Å²) in [6, 6.07) is 105. The van der Waals surface area contributed by atoms with Crippen LogP contribution in [0, 0.1) is 0 Å². The Morgan fingerprint density at radius 2 is 0.585 bits per heavy atom. The first kappa shape index (κ1) is 72.6. The van der Waals surface area contributed by atoms with Crippen LogP contribution in [0.25, 0.3) is 83.1 Å². The minimum absolute atomic E-state index is 0.0109. The van der Waals surface area contributed by atoms with Gasteiger partial charge in [-0.15, -0.1) is 0 Å².